The number of methoxy groups -OCH3 is 1. The Morgan fingerprint density at radius 3 is 2.26 bits per heavy atom. The Labute approximate surface area is 188 Å². The number of phenolic OH excluding ortho intramolecular Hbond substituents is 1. The molecule has 0 spiro atoms. The zero-order valence-electron chi connectivity index (χ0n) is 17.6. The third kappa shape index (κ3) is 4.01. The summed E-state index contributed by atoms with van der Waals surface area (Å²) < 4.78 is 16.8. The summed E-state index contributed by atoms with van der Waals surface area (Å²) in [7, 11) is 2.95. The van der Waals surface area contributed by atoms with Crippen LogP contribution in [0.4, 0.5) is 0 Å². The van der Waals surface area contributed by atoms with Crippen molar-refractivity contribution in [2.75, 3.05) is 27.4 Å². The van der Waals surface area contributed by atoms with Gasteiger partial charge in [0.1, 0.15) is 5.92 Å². The molecular formula is C22H24BrNO7. The zero-order valence-corrected chi connectivity index (χ0v) is 19.2. The fourth-order valence-corrected chi connectivity index (χ4v) is 4.33. The topological polar surface area (TPSA) is 106 Å². The van der Waals surface area contributed by atoms with Crippen LogP contribution in [0.3, 0.4) is 0 Å². The van der Waals surface area contributed by atoms with Crippen LogP contribution in [-0.4, -0.2) is 54.4 Å². The quantitative estimate of drug-likeness (QED) is 0.601. The fraction of sp³-hybridized carbons (Fsp3) is 0.364. The average molecular weight is 494 g/mol. The van der Waals surface area contributed by atoms with Crippen LogP contribution in [0.1, 0.15) is 47.3 Å². The predicted molar refractivity (Wildman–Crippen MR) is 116 cm³/mol. The highest BCUT2D eigenvalue weighted by Gasteiger charge is 2.44. The molecule has 9 heteroatoms. The van der Waals surface area contributed by atoms with Crippen molar-refractivity contribution in [3.05, 3.63) is 45.4 Å². The molecule has 166 valence electrons. The summed E-state index contributed by atoms with van der Waals surface area (Å²) in [6, 6.07) is 5.41. The van der Waals surface area contributed by atoms with Gasteiger partial charge in [-0.25, -0.2) is 0 Å². The number of halogens is 1. The van der Waals surface area contributed by atoms with Crippen molar-refractivity contribution >= 4 is 27.8 Å². The van der Waals surface area contributed by atoms with Gasteiger partial charge in [-0.1, -0.05) is 0 Å². The molecule has 0 saturated heterocycles. The molecule has 3 rings (SSSR count). The molecule has 0 bridgehead atoms. The van der Waals surface area contributed by atoms with E-state index in [0.29, 0.717) is 40.3 Å². The molecule has 2 aromatic rings. The lowest BCUT2D eigenvalue weighted by atomic mass is 9.79. The van der Waals surface area contributed by atoms with Gasteiger partial charge in [-0.05, 0) is 65.2 Å². The summed E-state index contributed by atoms with van der Waals surface area (Å²) in [6.07, 6.45) is 0. The Hall–Kier alpha value is -2.94. The molecule has 0 aromatic heterocycles. The van der Waals surface area contributed by atoms with E-state index in [1.165, 1.54) is 18.1 Å². The second-order valence-electron chi connectivity index (χ2n) is 6.98. The maximum absolute atomic E-state index is 13.2. The average Bonchev–Trinajstić information content (AvgIpc) is 2.73. The van der Waals surface area contributed by atoms with Crippen LogP contribution in [0.25, 0.3) is 0 Å². The summed E-state index contributed by atoms with van der Waals surface area (Å²) in [4.78, 5) is 27.1. The van der Waals surface area contributed by atoms with E-state index in [2.05, 4.69) is 15.9 Å². The molecule has 0 radical (unpaired) electrons. The molecule has 2 aromatic carbocycles. The molecule has 1 aliphatic rings. The minimum atomic E-state index is -1.10. The van der Waals surface area contributed by atoms with Gasteiger partial charge >= 0.3 is 5.97 Å². The van der Waals surface area contributed by atoms with Crippen molar-refractivity contribution in [1.29, 1.82) is 0 Å². The van der Waals surface area contributed by atoms with Gasteiger partial charge in [0.25, 0.3) is 5.91 Å². The second-order valence-corrected chi connectivity index (χ2v) is 7.84. The number of benzene rings is 2. The van der Waals surface area contributed by atoms with Crippen LogP contribution in [0, 0.1) is 0 Å². The van der Waals surface area contributed by atoms with E-state index in [4.69, 9.17) is 14.2 Å². The number of hydrogen-bond donors (Lipinski definition) is 2. The van der Waals surface area contributed by atoms with Gasteiger partial charge < -0.3 is 29.3 Å². The third-order valence-corrected chi connectivity index (χ3v) is 5.82. The molecule has 0 unspecified atom stereocenters. The van der Waals surface area contributed by atoms with E-state index in [9.17, 15) is 19.8 Å². The Kier molecular flexibility index (Phi) is 6.64. The number of aromatic hydroxyl groups is 1. The van der Waals surface area contributed by atoms with Crippen LogP contribution in [0.15, 0.2) is 28.7 Å². The van der Waals surface area contributed by atoms with E-state index in [-0.39, 0.29) is 23.0 Å². The number of carboxylic acid groups (broad SMARTS) is 1. The SMILES string of the molecule is CCOc1cc2c(cc1OCC)[C@H](C(=O)O)[C@@H](c1cc(Br)c(O)c(OC)c1)N(C)C2=O. The predicted octanol–water partition coefficient (Wildman–Crippen LogP) is 3.96. The van der Waals surface area contributed by atoms with Gasteiger partial charge in [0, 0.05) is 12.6 Å². The third-order valence-electron chi connectivity index (χ3n) is 5.21. The van der Waals surface area contributed by atoms with Crippen LogP contribution >= 0.6 is 15.9 Å². The minimum absolute atomic E-state index is 0.108. The first-order valence-corrected chi connectivity index (χ1v) is 10.5. The lowest BCUT2D eigenvalue weighted by Crippen LogP contribution is -2.42. The standard InChI is InChI=1S/C22H24BrNO7/c1-5-30-15-9-12-13(10-16(15)31-6-2)21(26)24(3)19(18(12)22(27)28)11-7-14(23)20(25)17(8-11)29-4/h7-10,18-19,25H,5-6H2,1-4H3,(H,27,28)/t18-,19+/m0/s1. The number of amides is 1. The van der Waals surface area contributed by atoms with Crippen LogP contribution in [0.2, 0.25) is 0 Å². The first-order valence-electron chi connectivity index (χ1n) is 9.74. The number of nitrogens with zero attached hydrogens (tertiary/aromatic N) is 1. The normalized spacial score (nSPS) is 17.8. The van der Waals surface area contributed by atoms with E-state index < -0.39 is 17.9 Å². The molecule has 2 atom stereocenters. The number of rotatable bonds is 7. The zero-order chi connectivity index (χ0) is 22.9. The summed E-state index contributed by atoms with van der Waals surface area (Å²) >= 11 is 3.27. The van der Waals surface area contributed by atoms with Gasteiger partial charge in [0.05, 0.1) is 30.8 Å². The van der Waals surface area contributed by atoms with Gasteiger partial charge in [0.15, 0.2) is 23.0 Å². The second kappa shape index (κ2) is 9.05. The lowest BCUT2D eigenvalue weighted by molar-refractivity contribution is -0.140. The van der Waals surface area contributed by atoms with E-state index in [1.54, 1.807) is 25.2 Å². The Morgan fingerprint density at radius 2 is 1.71 bits per heavy atom. The van der Waals surface area contributed by atoms with Crippen LogP contribution in [-0.2, 0) is 4.79 Å². The van der Waals surface area contributed by atoms with Crippen molar-refractivity contribution in [3.8, 4) is 23.0 Å². The summed E-state index contributed by atoms with van der Waals surface area (Å²) in [5, 5.41) is 20.3. The smallest absolute Gasteiger partial charge is 0.313 e. The fourth-order valence-electron chi connectivity index (χ4n) is 3.87. The number of aliphatic carboxylic acids is 1. The highest BCUT2D eigenvalue weighted by molar-refractivity contribution is 9.10. The number of phenols is 1. The largest absolute Gasteiger partial charge is 0.503 e. The van der Waals surface area contributed by atoms with E-state index in [0.717, 1.165) is 0 Å². The first kappa shape index (κ1) is 22.7. The van der Waals surface area contributed by atoms with Crippen molar-refractivity contribution in [1.82, 2.24) is 4.90 Å². The first-order chi connectivity index (χ1) is 14.7. The summed E-state index contributed by atoms with van der Waals surface area (Å²) in [5.41, 5.74) is 1.10. The highest BCUT2D eigenvalue weighted by Crippen LogP contribution is 2.48. The Bertz CT molecular complexity index is 1020. The number of carbonyl (C=O) groups excluding carboxylic acids is 1. The molecule has 0 saturated carbocycles. The van der Waals surface area contributed by atoms with E-state index in [1.807, 2.05) is 13.8 Å². The highest BCUT2D eigenvalue weighted by atomic mass is 79.9. The van der Waals surface area contributed by atoms with Crippen LogP contribution < -0.4 is 14.2 Å². The maximum Gasteiger partial charge on any atom is 0.313 e. The van der Waals surface area contributed by atoms with E-state index >= 15 is 0 Å². The Balaban J connectivity index is 2.24. The van der Waals surface area contributed by atoms with Crippen LogP contribution in [0.5, 0.6) is 23.0 Å². The molecular weight excluding hydrogens is 470 g/mol. The molecule has 31 heavy (non-hydrogen) atoms. The number of carboxylic acids is 1. The molecule has 1 heterocycles. The minimum Gasteiger partial charge on any atom is -0.503 e. The molecule has 0 fully saturated rings. The monoisotopic (exact) mass is 493 g/mol. The van der Waals surface area contributed by atoms with Gasteiger partial charge in [-0.2, -0.15) is 0 Å². The molecule has 2 N–H and O–H groups in total. The molecule has 1 aliphatic heterocycles. The maximum atomic E-state index is 13.2. The van der Waals surface area contributed by atoms with Crippen molar-refractivity contribution < 1.29 is 34.0 Å². The molecule has 0 aliphatic carbocycles. The molecule has 1 amide bonds. The number of hydrogen-bond acceptors (Lipinski definition) is 6. The summed E-state index contributed by atoms with van der Waals surface area (Å²) in [6.45, 7) is 4.35. The number of likely N-dealkylation sites (N-methyl/N-ethyl adjacent to an activating group) is 1. The van der Waals surface area contributed by atoms with Crippen molar-refractivity contribution in [2.24, 2.45) is 0 Å². The molecule has 8 nitrogen and oxygen atoms in total. The number of fused-ring (bicyclic) bond motifs is 1. The lowest BCUT2D eigenvalue weighted by Gasteiger charge is -2.39. The Morgan fingerprint density at radius 1 is 1.10 bits per heavy atom. The summed E-state index contributed by atoms with van der Waals surface area (Å²) in [5.74, 6) is -1.68. The number of carbonyl (C=O) groups is 2. The van der Waals surface area contributed by atoms with Crippen molar-refractivity contribution in [3.63, 3.8) is 0 Å². The van der Waals surface area contributed by atoms with Gasteiger partial charge in [-0.3, -0.25) is 9.59 Å². The van der Waals surface area contributed by atoms with Crippen molar-refractivity contribution in [2.45, 2.75) is 25.8 Å². The number of ether oxygens (including phenoxy) is 3. The van der Waals surface area contributed by atoms with Gasteiger partial charge in [-0.15, -0.1) is 0 Å². The van der Waals surface area contributed by atoms with Gasteiger partial charge in [0.2, 0.25) is 0 Å².